The van der Waals surface area contributed by atoms with Crippen molar-refractivity contribution in [2.75, 3.05) is 7.11 Å². The molecule has 118 valence electrons. The van der Waals surface area contributed by atoms with E-state index in [2.05, 4.69) is 15.0 Å². The Bertz CT molecular complexity index is 794. The molecule has 0 radical (unpaired) electrons. The molecule has 0 aliphatic heterocycles. The van der Waals surface area contributed by atoms with Gasteiger partial charge in [0, 0.05) is 0 Å². The molecule has 1 aromatic heterocycles. The molecular weight excluding hydrogens is 292 g/mol. The van der Waals surface area contributed by atoms with Crippen LogP contribution in [-0.2, 0) is 9.53 Å². The van der Waals surface area contributed by atoms with Gasteiger partial charge in [-0.1, -0.05) is 12.1 Å². The van der Waals surface area contributed by atoms with Crippen LogP contribution in [0.15, 0.2) is 35.5 Å². The summed E-state index contributed by atoms with van der Waals surface area (Å²) in [4.78, 5) is 25.0. The predicted octanol–water partition coefficient (Wildman–Crippen LogP) is 2.41. The molecule has 6 nitrogen and oxygen atoms in total. The average Bonchev–Trinajstić information content (AvgIpc) is 2.52. The zero-order valence-corrected chi connectivity index (χ0v) is 13.1. The van der Waals surface area contributed by atoms with Crippen molar-refractivity contribution in [1.82, 2.24) is 9.97 Å². The SMILES string of the molecule is COC(=O)C1CC(N=C(C(C)=N)c2cnc3ccccc3n2)C1. The van der Waals surface area contributed by atoms with Gasteiger partial charge in [0.15, 0.2) is 0 Å². The van der Waals surface area contributed by atoms with Crippen LogP contribution < -0.4 is 0 Å². The van der Waals surface area contributed by atoms with Gasteiger partial charge in [0.1, 0.15) is 11.4 Å². The monoisotopic (exact) mass is 310 g/mol. The first kappa shape index (κ1) is 15.3. The summed E-state index contributed by atoms with van der Waals surface area (Å²) in [5, 5.41) is 7.97. The molecule has 0 atom stereocenters. The fourth-order valence-corrected chi connectivity index (χ4v) is 2.66. The Morgan fingerprint density at radius 1 is 1.30 bits per heavy atom. The lowest BCUT2D eigenvalue weighted by Gasteiger charge is -2.30. The molecule has 23 heavy (non-hydrogen) atoms. The third-order valence-corrected chi connectivity index (χ3v) is 4.01. The summed E-state index contributed by atoms with van der Waals surface area (Å²) in [6.07, 6.45) is 2.96. The van der Waals surface area contributed by atoms with Crippen LogP contribution in [0.5, 0.6) is 0 Å². The van der Waals surface area contributed by atoms with Gasteiger partial charge < -0.3 is 10.1 Å². The normalized spacial score (nSPS) is 20.9. The van der Waals surface area contributed by atoms with Crippen LogP contribution in [0.25, 0.3) is 11.0 Å². The van der Waals surface area contributed by atoms with E-state index in [1.807, 2.05) is 24.3 Å². The number of carbonyl (C=O) groups is 1. The smallest absolute Gasteiger partial charge is 0.308 e. The Morgan fingerprint density at radius 2 is 2.00 bits per heavy atom. The number of esters is 1. The molecule has 1 N–H and O–H groups in total. The maximum atomic E-state index is 11.4. The average molecular weight is 310 g/mol. The number of hydrogen-bond acceptors (Lipinski definition) is 6. The molecule has 0 spiro atoms. The Labute approximate surface area is 134 Å². The van der Waals surface area contributed by atoms with Gasteiger partial charge in [-0.3, -0.25) is 14.8 Å². The molecule has 1 saturated carbocycles. The van der Waals surface area contributed by atoms with Gasteiger partial charge in [0.25, 0.3) is 0 Å². The van der Waals surface area contributed by atoms with Gasteiger partial charge in [-0.25, -0.2) is 4.98 Å². The number of methoxy groups -OCH3 is 1. The molecule has 0 amide bonds. The Kier molecular flexibility index (Phi) is 4.14. The first-order valence-electron chi connectivity index (χ1n) is 7.52. The second kappa shape index (κ2) is 6.24. The highest BCUT2D eigenvalue weighted by atomic mass is 16.5. The summed E-state index contributed by atoms with van der Waals surface area (Å²) in [7, 11) is 1.40. The molecule has 3 rings (SSSR count). The van der Waals surface area contributed by atoms with E-state index in [1.54, 1.807) is 13.1 Å². The van der Waals surface area contributed by atoms with Crippen molar-refractivity contribution in [1.29, 1.82) is 5.41 Å². The second-order valence-corrected chi connectivity index (χ2v) is 5.69. The van der Waals surface area contributed by atoms with Gasteiger partial charge in [-0.15, -0.1) is 0 Å². The molecule has 0 saturated heterocycles. The molecule has 1 fully saturated rings. The number of hydrogen-bond donors (Lipinski definition) is 1. The second-order valence-electron chi connectivity index (χ2n) is 5.69. The summed E-state index contributed by atoms with van der Waals surface area (Å²) < 4.78 is 4.74. The van der Waals surface area contributed by atoms with Crippen molar-refractivity contribution in [2.45, 2.75) is 25.8 Å². The Morgan fingerprint density at radius 3 is 2.65 bits per heavy atom. The van der Waals surface area contributed by atoms with Gasteiger partial charge in [-0.05, 0) is 31.9 Å². The van der Waals surface area contributed by atoms with E-state index >= 15 is 0 Å². The third kappa shape index (κ3) is 3.11. The van der Waals surface area contributed by atoms with Crippen molar-refractivity contribution < 1.29 is 9.53 Å². The maximum absolute atomic E-state index is 11.4. The fourth-order valence-electron chi connectivity index (χ4n) is 2.66. The van der Waals surface area contributed by atoms with Crippen LogP contribution in [0.1, 0.15) is 25.5 Å². The predicted molar refractivity (Wildman–Crippen MR) is 88.0 cm³/mol. The van der Waals surface area contributed by atoms with Crippen LogP contribution in [0.2, 0.25) is 0 Å². The third-order valence-electron chi connectivity index (χ3n) is 4.01. The first-order valence-corrected chi connectivity index (χ1v) is 7.52. The number of nitrogens with one attached hydrogen (secondary N) is 1. The van der Waals surface area contributed by atoms with Gasteiger partial charge in [0.05, 0.1) is 42.0 Å². The van der Waals surface area contributed by atoms with E-state index in [4.69, 9.17) is 10.1 Å². The van der Waals surface area contributed by atoms with Crippen molar-refractivity contribution >= 4 is 28.4 Å². The molecule has 1 aliphatic rings. The number of aromatic nitrogens is 2. The quantitative estimate of drug-likeness (QED) is 0.694. The van der Waals surface area contributed by atoms with Crippen LogP contribution in [0.4, 0.5) is 0 Å². The lowest BCUT2D eigenvalue weighted by Crippen LogP contribution is -2.35. The lowest BCUT2D eigenvalue weighted by atomic mass is 9.80. The summed E-state index contributed by atoms with van der Waals surface area (Å²) in [5.41, 5.74) is 3.07. The minimum atomic E-state index is -0.185. The zero-order chi connectivity index (χ0) is 16.4. The molecule has 0 unspecified atom stereocenters. The number of carbonyl (C=O) groups excluding carboxylic acids is 1. The van der Waals surface area contributed by atoms with E-state index in [9.17, 15) is 4.79 Å². The maximum Gasteiger partial charge on any atom is 0.308 e. The van der Waals surface area contributed by atoms with Crippen molar-refractivity contribution in [3.8, 4) is 0 Å². The van der Waals surface area contributed by atoms with Crippen LogP contribution >= 0.6 is 0 Å². The standard InChI is InChI=1S/C17H18N4O2/c1-10(18)16(20-12-7-11(8-12)17(22)23-2)15-9-19-13-5-3-4-6-14(13)21-15/h3-6,9,11-12,18H,7-8H2,1-2H3. The number of nitrogens with zero attached hydrogens (tertiary/aromatic N) is 3. The van der Waals surface area contributed by atoms with E-state index in [1.165, 1.54) is 7.11 Å². The number of fused-ring (bicyclic) bond motifs is 1. The summed E-state index contributed by atoms with van der Waals surface area (Å²) in [6, 6.07) is 7.63. The van der Waals surface area contributed by atoms with Crippen LogP contribution in [-0.4, -0.2) is 40.5 Å². The van der Waals surface area contributed by atoms with Gasteiger partial charge in [-0.2, -0.15) is 0 Å². The minimum absolute atomic E-state index is 0.0303. The highest BCUT2D eigenvalue weighted by molar-refractivity contribution is 6.46. The number of benzene rings is 1. The summed E-state index contributed by atoms with van der Waals surface area (Å²) in [5.74, 6) is -0.265. The number of rotatable bonds is 4. The molecular formula is C17H18N4O2. The topological polar surface area (TPSA) is 88.3 Å². The van der Waals surface area contributed by atoms with Crippen LogP contribution in [0.3, 0.4) is 0 Å². The van der Waals surface area contributed by atoms with E-state index in [0.29, 0.717) is 30.0 Å². The highest BCUT2D eigenvalue weighted by Gasteiger charge is 2.35. The van der Waals surface area contributed by atoms with Crippen molar-refractivity contribution in [3.05, 3.63) is 36.2 Å². The molecule has 1 aliphatic carbocycles. The van der Waals surface area contributed by atoms with E-state index < -0.39 is 0 Å². The van der Waals surface area contributed by atoms with Gasteiger partial charge in [0.2, 0.25) is 0 Å². The minimum Gasteiger partial charge on any atom is -0.469 e. The fraction of sp³-hybridized carbons (Fsp3) is 0.353. The summed E-state index contributed by atoms with van der Waals surface area (Å²) >= 11 is 0. The van der Waals surface area contributed by atoms with E-state index in [-0.39, 0.29) is 17.9 Å². The first-order chi connectivity index (χ1) is 11.1. The van der Waals surface area contributed by atoms with E-state index in [0.717, 1.165) is 11.0 Å². The lowest BCUT2D eigenvalue weighted by molar-refractivity contribution is -0.148. The van der Waals surface area contributed by atoms with Crippen LogP contribution in [0, 0.1) is 11.3 Å². The Hall–Kier alpha value is -2.63. The largest absolute Gasteiger partial charge is 0.469 e. The number of para-hydroxylation sites is 2. The van der Waals surface area contributed by atoms with Gasteiger partial charge >= 0.3 is 5.97 Å². The Balaban J connectivity index is 1.85. The molecule has 0 bridgehead atoms. The molecule has 1 aromatic carbocycles. The number of aliphatic imine (C=N–C) groups is 1. The zero-order valence-electron chi connectivity index (χ0n) is 13.1. The summed E-state index contributed by atoms with van der Waals surface area (Å²) in [6.45, 7) is 1.69. The molecule has 6 heteroatoms. The number of ether oxygens (including phenoxy) is 1. The van der Waals surface area contributed by atoms with Crippen molar-refractivity contribution in [2.24, 2.45) is 10.9 Å². The molecule has 2 aromatic rings. The van der Waals surface area contributed by atoms with Crippen molar-refractivity contribution in [3.63, 3.8) is 0 Å². The highest BCUT2D eigenvalue weighted by Crippen LogP contribution is 2.31. The molecule has 1 heterocycles.